The summed E-state index contributed by atoms with van der Waals surface area (Å²) in [6, 6.07) is 8.46. The first-order valence-electron chi connectivity index (χ1n) is 9.06. The van der Waals surface area contributed by atoms with Crippen LogP contribution < -0.4 is 29.0 Å². The Morgan fingerprint density at radius 2 is 1.83 bits per heavy atom. The number of H-pyrrole nitrogens is 1. The van der Waals surface area contributed by atoms with Gasteiger partial charge in [0.1, 0.15) is 24.7 Å². The van der Waals surface area contributed by atoms with Crippen LogP contribution in [0, 0.1) is 0 Å². The van der Waals surface area contributed by atoms with Crippen molar-refractivity contribution in [1.82, 2.24) is 15.2 Å². The van der Waals surface area contributed by atoms with Crippen LogP contribution in [0.2, 0.25) is 0 Å². The molecule has 30 heavy (non-hydrogen) atoms. The van der Waals surface area contributed by atoms with Crippen LogP contribution in [0.3, 0.4) is 0 Å². The molecular weight excluding hydrogens is 392 g/mol. The number of nitrogens with zero attached hydrogens (tertiary/aromatic N) is 2. The molecule has 1 aromatic heterocycles. The van der Waals surface area contributed by atoms with Crippen molar-refractivity contribution in [3.8, 4) is 40.1 Å². The first kappa shape index (κ1) is 19.4. The lowest BCUT2D eigenvalue weighted by molar-refractivity contribution is 0.102. The zero-order valence-corrected chi connectivity index (χ0v) is 16.6. The first-order valence-corrected chi connectivity index (χ1v) is 9.06. The Morgan fingerprint density at radius 3 is 2.60 bits per heavy atom. The molecule has 156 valence electrons. The van der Waals surface area contributed by atoms with Crippen molar-refractivity contribution in [1.29, 1.82) is 0 Å². The van der Waals surface area contributed by atoms with Crippen molar-refractivity contribution in [3.05, 3.63) is 35.9 Å². The van der Waals surface area contributed by atoms with Gasteiger partial charge in [-0.05, 0) is 24.3 Å². The first-order chi connectivity index (χ1) is 14.6. The number of nitrogens with one attached hydrogen (secondary N) is 2. The summed E-state index contributed by atoms with van der Waals surface area (Å²) in [5.41, 5.74) is 0.997. The quantitative estimate of drug-likeness (QED) is 0.634. The van der Waals surface area contributed by atoms with E-state index in [1.54, 1.807) is 44.6 Å². The summed E-state index contributed by atoms with van der Waals surface area (Å²) in [6.07, 6.45) is 0. The molecule has 0 spiro atoms. The third-order valence-electron chi connectivity index (χ3n) is 4.46. The molecule has 0 saturated carbocycles. The second kappa shape index (κ2) is 8.19. The topological polar surface area (TPSA) is 117 Å². The molecule has 0 fully saturated rings. The molecule has 0 atom stereocenters. The molecule has 0 unspecified atom stereocenters. The SMILES string of the molecule is COc1ccc(-c2nc(NC(=O)c3cc(OC)c4c(c3)OCCO4)n[nH]2)c(OC)c1. The highest BCUT2D eigenvalue weighted by atomic mass is 16.6. The lowest BCUT2D eigenvalue weighted by atomic mass is 10.1. The Bertz CT molecular complexity index is 1060. The number of anilines is 1. The Hall–Kier alpha value is -3.95. The highest BCUT2D eigenvalue weighted by molar-refractivity contribution is 6.04. The predicted octanol–water partition coefficient (Wildman–Crippen LogP) is 2.52. The number of carbonyl (C=O) groups excluding carboxylic acids is 1. The summed E-state index contributed by atoms with van der Waals surface area (Å²) in [6.45, 7) is 0.818. The molecular formula is C20H20N4O6. The van der Waals surface area contributed by atoms with Gasteiger partial charge < -0.3 is 23.7 Å². The molecule has 2 aromatic carbocycles. The lowest BCUT2D eigenvalue weighted by Gasteiger charge is -2.21. The van der Waals surface area contributed by atoms with Gasteiger partial charge in [0.25, 0.3) is 5.91 Å². The van der Waals surface area contributed by atoms with Gasteiger partial charge in [-0.2, -0.15) is 4.98 Å². The zero-order chi connectivity index (χ0) is 21.1. The van der Waals surface area contributed by atoms with Gasteiger partial charge in [-0.15, -0.1) is 5.10 Å². The number of aromatic amines is 1. The van der Waals surface area contributed by atoms with Crippen molar-refractivity contribution >= 4 is 11.9 Å². The van der Waals surface area contributed by atoms with Gasteiger partial charge >= 0.3 is 0 Å². The third kappa shape index (κ3) is 3.66. The van der Waals surface area contributed by atoms with E-state index in [2.05, 4.69) is 20.5 Å². The minimum atomic E-state index is -0.419. The van der Waals surface area contributed by atoms with E-state index < -0.39 is 5.91 Å². The van der Waals surface area contributed by atoms with E-state index in [9.17, 15) is 4.79 Å². The Balaban J connectivity index is 1.57. The van der Waals surface area contributed by atoms with Crippen molar-refractivity contribution in [2.75, 3.05) is 39.9 Å². The fraction of sp³-hybridized carbons (Fsp3) is 0.250. The van der Waals surface area contributed by atoms with Gasteiger partial charge in [0.2, 0.25) is 11.7 Å². The van der Waals surface area contributed by atoms with E-state index in [4.69, 9.17) is 23.7 Å². The van der Waals surface area contributed by atoms with Gasteiger partial charge in [-0.25, -0.2) is 0 Å². The summed E-state index contributed by atoms with van der Waals surface area (Å²) in [5.74, 6) is 2.67. The average Bonchev–Trinajstić information content (AvgIpc) is 3.25. The summed E-state index contributed by atoms with van der Waals surface area (Å²) < 4.78 is 27.0. The maximum Gasteiger partial charge on any atom is 0.258 e. The number of carbonyl (C=O) groups is 1. The van der Waals surface area contributed by atoms with Crippen LogP contribution in [-0.4, -0.2) is 55.6 Å². The number of benzene rings is 2. The highest BCUT2D eigenvalue weighted by Gasteiger charge is 2.22. The molecule has 2 heterocycles. The van der Waals surface area contributed by atoms with E-state index >= 15 is 0 Å². The molecule has 4 rings (SSSR count). The molecule has 3 aromatic rings. The van der Waals surface area contributed by atoms with Gasteiger partial charge in [0, 0.05) is 11.6 Å². The van der Waals surface area contributed by atoms with Crippen molar-refractivity contribution in [3.63, 3.8) is 0 Å². The van der Waals surface area contributed by atoms with Crippen LogP contribution in [0.1, 0.15) is 10.4 Å². The summed E-state index contributed by atoms with van der Waals surface area (Å²) in [4.78, 5) is 17.1. The van der Waals surface area contributed by atoms with Gasteiger partial charge in [-0.1, -0.05) is 0 Å². The molecule has 1 aliphatic rings. The van der Waals surface area contributed by atoms with Crippen molar-refractivity contribution < 1.29 is 28.5 Å². The molecule has 1 amide bonds. The standard InChI is InChI=1S/C20H20N4O6/c1-26-12-4-5-13(14(10-12)27-2)18-21-20(24-23-18)22-19(25)11-8-15(28-3)17-16(9-11)29-6-7-30-17/h4-5,8-10H,6-7H2,1-3H3,(H2,21,22,23,24,25). The van der Waals surface area contributed by atoms with Crippen LogP contribution >= 0.6 is 0 Å². The van der Waals surface area contributed by atoms with E-state index in [-0.39, 0.29) is 5.95 Å². The van der Waals surface area contributed by atoms with E-state index in [1.165, 1.54) is 7.11 Å². The fourth-order valence-electron chi connectivity index (χ4n) is 3.01. The van der Waals surface area contributed by atoms with E-state index in [1.807, 2.05) is 0 Å². The fourth-order valence-corrected chi connectivity index (χ4v) is 3.01. The van der Waals surface area contributed by atoms with Gasteiger partial charge in [0.15, 0.2) is 17.3 Å². The summed E-state index contributed by atoms with van der Waals surface area (Å²) >= 11 is 0. The van der Waals surface area contributed by atoms with Crippen LogP contribution in [0.25, 0.3) is 11.4 Å². The molecule has 0 bridgehead atoms. The number of hydrogen-bond acceptors (Lipinski definition) is 8. The predicted molar refractivity (Wildman–Crippen MR) is 107 cm³/mol. The molecule has 0 aliphatic carbocycles. The maximum atomic E-state index is 12.7. The van der Waals surface area contributed by atoms with Crippen LogP contribution in [0.5, 0.6) is 28.7 Å². The molecule has 0 saturated heterocycles. The van der Waals surface area contributed by atoms with Crippen LogP contribution in [-0.2, 0) is 0 Å². The van der Waals surface area contributed by atoms with E-state index in [0.717, 1.165) is 0 Å². The largest absolute Gasteiger partial charge is 0.497 e. The molecule has 10 heteroatoms. The molecule has 10 nitrogen and oxygen atoms in total. The van der Waals surface area contributed by atoms with E-state index in [0.29, 0.717) is 58.9 Å². The number of hydrogen-bond donors (Lipinski definition) is 2. The monoisotopic (exact) mass is 412 g/mol. The van der Waals surface area contributed by atoms with Gasteiger partial charge in [-0.3, -0.25) is 15.2 Å². The normalized spacial score (nSPS) is 12.2. The summed E-state index contributed by atoms with van der Waals surface area (Å²) in [7, 11) is 4.62. The highest BCUT2D eigenvalue weighted by Crippen LogP contribution is 2.40. The lowest BCUT2D eigenvalue weighted by Crippen LogP contribution is -2.18. The zero-order valence-electron chi connectivity index (χ0n) is 16.6. The Morgan fingerprint density at radius 1 is 1.03 bits per heavy atom. The van der Waals surface area contributed by atoms with Gasteiger partial charge in [0.05, 0.1) is 26.9 Å². The number of fused-ring (bicyclic) bond motifs is 1. The van der Waals surface area contributed by atoms with Crippen LogP contribution in [0.4, 0.5) is 5.95 Å². The molecule has 2 N–H and O–H groups in total. The number of amides is 1. The average molecular weight is 412 g/mol. The number of rotatable bonds is 6. The number of aromatic nitrogens is 3. The molecule has 1 aliphatic heterocycles. The minimum absolute atomic E-state index is 0.113. The second-order valence-electron chi connectivity index (χ2n) is 6.23. The molecule has 0 radical (unpaired) electrons. The maximum absolute atomic E-state index is 12.7. The second-order valence-corrected chi connectivity index (χ2v) is 6.23. The smallest absolute Gasteiger partial charge is 0.258 e. The van der Waals surface area contributed by atoms with Crippen molar-refractivity contribution in [2.45, 2.75) is 0 Å². The summed E-state index contributed by atoms with van der Waals surface area (Å²) in [5, 5.41) is 9.52. The number of ether oxygens (including phenoxy) is 5. The Labute approximate surface area is 172 Å². The van der Waals surface area contributed by atoms with Crippen molar-refractivity contribution in [2.24, 2.45) is 0 Å². The minimum Gasteiger partial charge on any atom is -0.497 e. The van der Waals surface area contributed by atoms with Crippen LogP contribution in [0.15, 0.2) is 30.3 Å². The third-order valence-corrected chi connectivity index (χ3v) is 4.46. The number of methoxy groups -OCH3 is 3. The Kier molecular flexibility index (Phi) is 5.29.